The van der Waals surface area contributed by atoms with Gasteiger partial charge in [-0.2, -0.15) is 0 Å². The van der Waals surface area contributed by atoms with Crippen LogP contribution in [-0.4, -0.2) is 321 Å². The van der Waals surface area contributed by atoms with Crippen molar-refractivity contribution < 1.29 is 152 Å². The molecule has 11 fully saturated rings. The van der Waals surface area contributed by atoms with E-state index in [1.807, 2.05) is 6.92 Å². The fourth-order valence-corrected chi connectivity index (χ4v) is 19.1. The minimum absolute atomic E-state index is 0.00530. The molecule has 5 unspecified atom stereocenters. The molecule has 7 heterocycles. The van der Waals surface area contributed by atoms with Gasteiger partial charge in [0.15, 0.2) is 44.0 Å². The summed E-state index contributed by atoms with van der Waals surface area (Å²) in [7, 11) is 4.58. The topological polar surface area (TPSA) is 437 Å². The molecule has 0 radical (unpaired) electrons. The molecular weight excluding hydrogens is 1290 g/mol. The Balaban J connectivity index is 0.612. The predicted octanol–water partition coefficient (Wildman–Crippen LogP) is -2.22. The number of hydrogen-bond acceptors (Lipinski definition) is 31. The average Bonchev–Trinajstić information content (AvgIpc) is 1.57. The van der Waals surface area contributed by atoms with Gasteiger partial charge in [0, 0.05) is 58.8 Å². The van der Waals surface area contributed by atoms with Crippen LogP contribution in [0.5, 0.6) is 0 Å². The van der Waals surface area contributed by atoms with Crippen molar-refractivity contribution in [2.75, 3.05) is 34.5 Å². The van der Waals surface area contributed by atoms with E-state index in [4.69, 9.17) is 80.5 Å². The van der Waals surface area contributed by atoms with E-state index < -0.39 is 238 Å². The van der Waals surface area contributed by atoms with E-state index in [-0.39, 0.29) is 55.8 Å². The number of fused-ring (bicyclic) bond motifs is 5. The van der Waals surface area contributed by atoms with E-state index in [1.165, 1.54) is 21.1 Å². The molecule has 0 aromatic carbocycles. The molecule has 11 rings (SSSR count). The lowest BCUT2D eigenvalue weighted by atomic mass is 9.41. The minimum Gasteiger partial charge on any atom is -0.394 e. The molecule has 7 saturated heterocycles. The number of carbonyl (C=O) groups is 1. The maximum atomic E-state index is 12.8. The Bertz CT molecular complexity index is 2560. The van der Waals surface area contributed by atoms with Crippen LogP contribution in [0.25, 0.3) is 0 Å². The van der Waals surface area contributed by atoms with Crippen molar-refractivity contribution in [1.82, 2.24) is 0 Å². The lowest BCUT2D eigenvalue weighted by molar-refractivity contribution is -0.376. The second-order valence-electron chi connectivity index (χ2n) is 30.0. The van der Waals surface area contributed by atoms with Gasteiger partial charge in [0.25, 0.3) is 0 Å². The Labute approximate surface area is 565 Å². The first kappa shape index (κ1) is 76.6. The fraction of sp³-hybridized carbons (Fsp3) is 0.985. The summed E-state index contributed by atoms with van der Waals surface area (Å²) < 4.78 is 105. The van der Waals surface area contributed by atoms with Crippen LogP contribution >= 0.6 is 0 Å². The van der Waals surface area contributed by atoms with Crippen LogP contribution in [0.2, 0.25) is 0 Å². The SMILES string of the molecule is CO[C@H]1CC(O[C@H]2CC[C@@]3(C)[C@@H](CC[C@]4(O)[C@@H]3CC[C@]3(C)[C@@H](C(C)=O)[C@H](O)[C@@H](O)[C@@]34O)C2)O[C@H](C)[C@H]1OC1C[C@@H](O)[C@H](OC2C[C@@H](O)[C@H](OC3C[C@H](OC)[C@H](OC4C[C@H](OC)[C@H](O[C@@H]5O[C@H](CO)[C@@H](O[C@@H]6O[C@H](CO)[C@@H](O)[C@H](O)[C@H]6O)[C@H](O)[C@H]5O)[C@@H](C)O4)[C@@H](C)O3)[C@@H](C)O2)[C@@H](C)O1. The third kappa shape index (κ3) is 14.2. The number of carbonyl (C=O) groups excluding carboxylic acids is 1. The van der Waals surface area contributed by atoms with Crippen LogP contribution in [0.3, 0.4) is 0 Å². The molecule has 0 aromatic rings. The van der Waals surface area contributed by atoms with Crippen molar-refractivity contribution in [3.8, 4) is 0 Å². The highest BCUT2D eigenvalue weighted by atomic mass is 16.8. The fourth-order valence-electron chi connectivity index (χ4n) is 19.1. The largest absolute Gasteiger partial charge is 0.394 e. The van der Waals surface area contributed by atoms with Gasteiger partial charge in [-0.05, 0) is 104 Å². The van der Waals surface area contributed by atoms with Crippen LogP contribution in [-0.2, 0) is 85.3 Å². The van der Waals surface area contributed by atoms with Gasteiger partial charge in [-0.25, -0.2) is 0 Å². The van der Waals surface area contributed by atoms with E-state index in [0.717, 1.165) is 0 Å². The summed E-state index contributed by atoms with van der Waals surface area (Å²) >= 11 is 0. The number of aliphatic hydroxyl groups is 13. The number of rotatable bonds is 20. The summed E-state index contributed by atoms with van der Waals surface area (Å²) in [5, 5.41) is 144. The lowest BCUT2D eigenvalue weighted by Crippen LogP contribution is -2.76. The highest BCUT2D eigenvalue weighted by molar-refractivity contribution is 5.81. The predicted molar refractivity (Wildman–Crippen MR) is 326 cm³/mol. The molecule has 40 atom stereocenters. The van der Waals surface area contributed by atoms with Gasteiger partial charge >= 0.3 is 0 Å². The Morgan fingerprint density at radius 2 is 0.866 bits per heavy atom. The highest BCUT2D eigenvalue weighted by Gasteiger charge is 2.80. The standard InChI is InChI=1S/C66H110O31/c1-26(69)47-49(73)60(78)66(80)64(47,8)16-14-41-63(7)15-13-33(18-32(63)12-17-65(41,66)79)89-44-21-36(81-9)56(29(4)86-44)94-43-20-35(71)54(27(2)85-43)92-42-19-34(70)55(28(3)84-42)93-45-22-37(82-10)57(30(5)87-45)95-46-23-38(83-11)58(31(6)88-46)96-62-53(77)51(75)59(40(25-68)91-62)97-61-52(76)50(74)48(72)39(24-67)90-61/h27-62,67-68,70-80H,12-25H2,1-11H3/t27-,28-,29-,30-,31-,32+,33+,34-,35-,36+,37+,38+,39-,40-,41-,42?,43?,44?,45?,46?,47+,48-,49+,50+,51-,52-,53-,54-,55-,56-,57-,58-,59-,60-,61+,62+,63+,64-,65+,66-/m1/s1. The maximum absolute atomic E-state index is 12.8. The maximum Gasteiger partial charge on any atom is 0.187 e. The van der Waals surface area contributed by atoms with E-state index in [0.29, 0.717) is 44.9 Å². The second kappa shape index (κ2) is 30.5. The Morgan fingerprint density at radius 1 is 0.443 bits per heavy atom. The van der Waals surface area contributed by atoms with Crippen LogP contribution in [0.4, 0.5) is 0 Å². The zero-order valence-corrected chi connectivity index (χ0v) is 57.3. The number of hydrogen-bond donors (Lipinski definition) is 13. The number of ketones is 1. The van der Waals surface area contributed by atoms with Crippen molar-refractivity contribution in [2.24, 2.45) is 28.6 Å². The Kier molecular flexibility index (Phi) is 24.1. The number of Topliss-reactive ketones (excluding diaryl/α,β-unsaturated/α-hetero) is 1. The van der Waals surface area contributed by atoms with Crippen LogP contribution in [0, 0.1) is 28.6 Å². The molecule has 7 aliphatic heterocycles. The molecule has 4 aliphatic carbocycles. The number of aliphatic hydroxyl groups excluding tert-OH is 11. The first-order chi connectivity index (χ1) is 45.9. The normalized spacial score (nSPS) is 55.1. The summed E-state index contributed by atoms with van der Waals surface area (Å²) in [6, 6.07) is 0. The molecule has 0 amide bonds. The second-order valence-corrected chi connectivity index (χ2v) is 30.0. The smallest absolute Gasteiger partial charge is 0.187 e. The third-order valence-electron chi connectivity index (χ3n) is 24.3. The molecule has 31 nitrogen and oxygen atoms in total. The number of ether oxygens (including phenoxy) is 17. The van der Waals surface area contributed by atoms with Gasteiger partial charge in [-0.3, -0.25) is 4.79 Å². The summed E-state index contributed by atoms with van der Waals surface area (Å²) in [6.07, 6.45) is -30.5. The van der Waals surface area contributed by atoms with E-state index >= 15 is 0 Å². The van der Waals surface area contributed by atoms with Gasteiger partial charge in [-0.15, -0.1) is 0 Å². The molecule has 0 spiro atoms. The third-order valence-corrected chi connectivity index (χ3v) is 24.3. The molecule has 0 bridgehead atoms. The van der Waals surface area contributed by atoms with Crippen molar-refractivity contribution in [3.05, 3.63) is 0 Å². The van der Waals surface area contributed by atoms with Crippen LogP contribution in [0.15, 0.2) is 0 Å². The first-order valence-corrected chi connectivity index (χ1v) is 34.9. The Morgan fingerprint density at radius 3 is 1.33 bits per heavy atom. The molecule has 4 saturated carbocycles. The van der Waals surface area contributed by atoms with E-state index in [9.17, 15) is 71.2 Å². The quantitative estimate of drug-likeness (QED) is 0.0574. The van der Waals surface area contributed by atoms with E-state index in [1.54, 1.807) is 41.7 Å². The molecule has 13 N–H and O–H groups in total. The van der Waals surface area contributed by atoms with Gasteiger partial charge < -0.3 is 147 Å². The first-order valence-electron chi connectivity index (χ1n) is 34.9. The number of methoxy groups -OCH3 is 3. The van der Waals surface area contributed by atoms with Crippen molar-refractivity contribution >= 4 is 5.78 Å². The average molecular weight is 1400 g/mol. The Hall–Kier alpha value is -1.53. The minimum atomic E-state index is -2.06. The van der Waals surface area contributed by atoms with Gasteiger partial charge in [0.1, 0.15) is 96.8 Å². The van der Waals surface area contributed by atoms with Gasteiger partial charge in [0.05, 0.1) is 98.0 Å². The van der Waals surface area contributed by atoms with Crippen molar-refractivity contribution in [3.63, 3.8) is 0 Å². The summed E-state index contributed by atoms with van der Waals surface area (Å²) in [4.78, 5) is 12.8. The van der Waals surface area contributed by atoms with Crippen LogP contribution < -0.4 is 0 Å². The zero-order chi connectivity index (χ0) is 70.3. The summed E-state index contributed by atoms with van der Waals surface area (Å²) in [6.45, 7) is 12.6. The van der Waals surface area contributed by atoms with E-state index in [2.05, 4.69) is 6.92 Å². The van der Waals surface area contributed by atoms with Crippen molar-refractivity contribution in [1.29, 1.82) is 0 Å². The molecule has 0 aromatic heterocycles. The molecule has 560 valence electrons. The molecule has 97 heavy (non-hydrogen) atoms. The van der Waals surface area contributed by atoms with Crippen LogP contribution in [0.1, 0.15) is 132 Å². The van der Waals surface area contributed by atoms with Crippen molar-refractivity contribution in [2.45, 2.75) is 346 Å². The lowest BCUT2D eigenvalue weighted by Gasteiger charge is -2.67. The summed E-state index contributed by atoms with van der Waals surface area (Å²) in [5.74, 6) is -1.55. The highest BCUT2D eigenvalue weighted by Crippen LogP contribution is 2.71. The zero-order valence-electron chi connectivity index (χ0n) is 57.3. The molecule has 31 heteroatoms. The molecule has 11 aliphatic rings. The van der Waals surface area contributed by atoms with Gasteiger partial charge in [-0.1, -0.05) is 13.8 Å². The molecular formula is C66H110O31. The summed E-state index contributed by atoms with van der Waals surface area (Å²) in [5.41, 5.74) is -5.37. The monoisotopic (exact) mass is 1400 g/mol. The van der Waals surface area contributed by atoms with Gasteiger partial charge in [0.2, 0.25) is 0 Å².